The Labute approximate surface area is 190 Å². The van der Waals surface area contributed by atoms with E-state index in [9.17, 15) is 13.6 Å². The third kappa shape index (κ3) is 5.18. The number of aromatic nitrogens is 3. The number of carbonyl (C=O) groups excluding carboxylic acids is 1. The van der Waals surface area contributed by atoms with Crippen LogP contribution in [0.25, 0.3) is 11.4 Å². The van der Waals surface area contributed by atoms with E-state index in [1.54, 1.807) is 41.9 Å². The van der Waals surface area contributed by atoms with E-state index in [-0.39, 0.29) is 29.3 Å². The molecule has 1 saturated carbocycles. The predicted octanol–water partition coefficient (Wildman–Crippen LogP) is 5.21. The number of nitrogens with zero attached hydrogens (tertiary/aromatic N) is 4. The van der Waals surface area contributed by atoms with E-state index in [1.807, 2.05) is 4.90 Å². The Balaban J connectivity index is 1.47. The van der Waals surface area contributed by atoms with Gasteiger partial charge in [-0.3, -0.25) is 4.79 Å². The van der Waals surface area contributed by atoms with E-state index in [0.717, 1.165) is 31.2 Å². The Bertz CT molecular complexity index is 1060. The molecule has 0 N–H and O–H groups in total. The summed E-state index contributed by atoms with van der Waals surface area (Å²) in [6.45, 7) is 0.462. The molecule has 1 fully saturated rings. The maximum absolute atomic E-state index is 14.2. The zero-order chi connectivity index (χ0) is 22.5. The molecule has 5 nitrogen and oxygen atoms in total. The van der Waals surface area contributed by atoms with Crippen LogP contribution in [0.5, 0.6) is 0 Å². The van der Waals surface area contributed by atoms with Gasteiger partial charge in [0, 0.05) is 19.6 Å². The van der Waals surface area contributed by atoms with Crippen molar-refractivity contribution < 1.29 is 13.6 Å². The third-order valence-corrected chi connectivity index (χ3v) is 6.88. The Morgan fingerprint density at radius 3 is 2.50 bits per heavy atom. The molecule has 1 aliphatic carbocycles. The number of thioether (sulfide) groups is 1. The van der Waals surface area contributed by atoms with E-state index in [4.69, 9.17) is 0 Å². The van der Waals surface area contributed by atoms with Crippen LogP contribution in [0.2, 0.25) is 0 Å². The summed E-state index contributed by atoms with van der Waals surface area (Å²) in [4.78, 5) is 15.2. The fourth-order valence-electron chi connectivity index (χ4n) is 4.13. The lowest BCUT2D eigenvalue weighted by atomic mass is 9.94. The lowest BCUT2D eigenvalue weighted by Crippen LogP contribution is -2.42. The van der Waals surface area contributed by atoms with Gasteiger partial charge in [-0.1, -0.05) is 55.3 Å². The molecule has 0 aliphatic heterocycles. The fourth-order valence-corrected chi connectivity index (χ4v) is 4.92. The average Bonchev–Trinajstić information content (AvgIpc) is 3.18. The Morgan fingerprint density at radius 2 is 1.78 bits per heavy atom. The van der Waals surface area contributed by atoms with Crippen LogP contribution < -0.4 is 0 Å². The first-order valence-corrected chi connectivity index (χ1v) is 11.8. The summed E-state index contributed by atoms with van der Waals surface area (Å²) in [5, 5.41) is 8.85. The Morgan fingerprint density at radius 1 is 1.06 bits per heavy atom. The van der Waals surface area contributed by atoms with Crippen molar-refractivity contribution in [2.75, 3.05) is 5.75 Å². The van der Waals surface area contributed by atoms with Gasteiger partial charge in [0.05, 0.1) is 11.3 Å². The van der Waals surface area contributed by atoms with Crippen LogP contribution in [-0.4, -0.2) is 37.4 Å². The molecular formula is C24H26F2N4OS. The summed E-state index contributed by atoms with van der Waals surface area (Å²) in [5.74, 6) is 0.00218. The summed E-state index contributed by atoms with van der Waals surface area (Å²) in [7, 11) is 1.77. The molecule has 3 aromatic rings. The molecule has 1 amide bonds. The number of hydrogen-bond donors (Lipinski definition) is 0. The van der Waals surface area contributed by atoms with Gasteiger partial charge < -0.3 is 9.47 Å². The van der Waals surface area contributed by atoms with Gasteiger partial charge in [0.25, 0.3) is 0 Å². The van der Waals surface area contributed by atoms with Gasteiger partial charge in [0.1, 0.15) is 11.6 Å². The SMILES string of the molecule is Cn1c(SCC(=O)N(Cc2ccc(F)cc2)C2CCCCC2)nnc1-c1ccccc1F. The molecule has 8 heteroatoms. The smallest absolute Gasteiger partial charge is 0.233 e. The molecule has 0 atom stereocenters. The van der Waals surface area contributed by atoms with E-state index >= 15 is 0 Å². The molecule has 1 heterocycles. The normalized spacial score (nSPS) is 14.5. The van der Waals surface area contributed by atoms with Crippen molar-refractivity contribution in [3.63, 3.8) is 0 Å². The summed E-state index contributed by atoms with van der Waals surface area (Å²) < 4.78 is 29.2. The first kappa shape index (κ1) is 22.5. The molecule has 0 spiro atoms. The summed E-state index contributed by atoms with van der Waals surface area (Å²) in [6, 6.07) is 12.9. The third-order valence-electron chi connectivity index (χ3n) is 5.88. The number of rotatable bonds is 7. The highest BCUT2D eigenvalue weighted by molar-refractivity contribution is 7.99. The lowest BCUT2D eigenvalue weighted by molar-refractivity contribution is -0.132. The van der Waals surface area contributed by atoms with E-state index in [0.29, 0.717) is 23.1 Å². The van der Waals surface area contributed by atoms with Gasteiger partial charge in [-0.2, -0.15) is 0 Å². The topological polar surface area (TPSA) is 51.0 Å². The molecule has 32 heavy (non-hydrogen) atoms. The van der Waals surface area contributed by atoms with Gasteiger partial charge in [0.2, 0.25) is 5.91 Å². The average molecular weight is 457 g/mol. The van der Waals surface area contributed by atoms with Crippen LogP contribution in [0.15, 0.2) is 53.7 Å². The van der Waals surface area contributed by atoms with Crippen molar-refractivity contribution in [2.45, 2.75) is 49.8 Å². The quantitative estimate of drug-likeness (QED) is 0.458. The Kier molecular flexibility index (Phi) is 7.19. The van der Waals surface area contributed by atoms with Crippen LogP contribution >= 0.6 is 11.8 Å². The highest BCUT2D eigenvalue weighted by Gasteiger charge is 2.26. The highest BCUT2D eigenvalue weighted by atomic mass is 32.2. The van der Waals surface area contributed by atoms with Gasteiger partial charge in [-0.25, -0.2) is 8.78 Å². The van der Waals surface area contributed by atoms with Crippen LogP contribution in [0, 0.1) is 11.6 Å². The van der Waals surface area contributed by atoms with E-state index in [1.165, 1.54) is 36.4 Å². The number of carbonyl (C=O) groups is 1. The Hall–Kier alpha value is -2.74. The van der Waals surface area contributed by atoms with Crippen molar-refractivity contribution in [1.29, 1.82) is 0 Å². The van der Waals surface area contributed by atoms with Crippen molar-refractivity contribution >= 4 is 17.7 Å². The minimum Gasteiger partial charge on any atom is -0.335 e. The second-order valence-electron chi connectivity index (χ2n) is 8.07. The van der Waals surface area contributed by atoms with Crippen LogP contribution in [0.1, 0.15) is 37.7 Å². The minimum absolute atomic E-state index is 0.0154. The number of halogens is 2. The monoisotopic (exact) mass is 456 g/mol. The molecular weight excluding hydrogens is 430 g/mol. The van der Waals surface area contributed by atoms with E-state index in [2.05, 4.69) is 10.2 Å². The van der Waals surface area contributed by atoms with Crippen LogP contribution in [0.4, 0.5) is 8.78 Å². The predicted molar refractivity (Wildman–Crippen MR) is 121 cm³/mol. The highest BCUT2D eigenvalue weighted by Crippen LogP contribution is 2.28. The minimum atomic E-state index is -0.363. The molecule has 0 bridgehead atoms. The molecule has 1 aromatic heterocycles. The van der Waals surface area contributed by atoms with Crippen molar-refractivity contribution in [1.82, 2.24) is 19.7 Å². The second kappa shape index (κ2) is 10.3. The first-order chi connectivity index (χ1) is 15.5. The van der Waals surface area contributed by atoms with Crippen LogP contribution in [0.3, 0.4) is 0 Å². The molecule has 0 unspecified atom stereocenters. The number of hydrogen-bond acceptors (Lipinski definition) is 4. The van der Waals surface area contributed by atoms with Gasteiger partial charge in [-0.15, -0.1) is 10.2 Å². The molecule has 168 valence electrons. The largest absolute Gasteiger partial charge is 0.335 e. The van der Waals surface area contributed by atoms with Gasteiger partial charge in [0.15, 0.2) is 11.0 Å². The first-order valence-electron chi connectivity index (χ1n) is 10.8. The zero-order valence-electron chi connectivity index (χ0n) is 18.0. The van der Waals surface area contributed by atoms with E-state index < -0.39 is 0 Å². The fraction of sp³-hybridized carbons (Fsp3) is 0.375. The summed E-state index contributed by atoms with van der Waals surface area (Å²) >= 11 is 1.30. The van der Waals surface area contributed by atoms with Gasteiger partial charge >= 0.3 is 0 Å². The summed E-state index contributed by atoms with van der Waals surface area (Å²) in [5.41, 5.74) is 1.29. The number of benzene rings is 2. The van der Waals surface area contributed by atoms with Crippen molar-refractivity contribution in [2.24, 2.45) is 7.05 Å². The van der Waals surface area contributed by atoms with Crippen LogP contribution in [-0.2, 0) is 18.4 Å². The van der Waals surface area contributed by atoms with Gasteiger partial charge in [-0.05, 0) is 42.7 Å². The molecule has 0 saturated heterocycles. The maximum atomic E-state index is 14.2. The molecule has 0 radical (unpaired) electrons. The lowest BCUT2D eigenvalue weighted by Gasteiger charge is -2.34. The van der Waals surface area contributed by atoms with Crippen molar-refractivity contribution in [3.8, 4) is 11.4 Å². The molecule has 1 aliphatic rings. The second-order valence-corrected chi connectivity index (χ2v) is 9.02. The zero-order valence-corrected chi connectivity index (χ0v) is 18.8. The standard InChI is InChI=1S/C24H26F2N4OS/c1-29-23(20-9-5-6-10-21(20)26)27-28-24(29)32-16-22(31)30(19-7-3-2-4-8-19)15-17-11-13-18(25)14-12-17/h5-6,9-14,19H,2-4,7-8,15-16H2,1H3. The summed E-state index contributed by atoms with van der Waals surface area (Å²) in [6.07, 6.45) is 5.39. The molecule has 2 aromatic carbocycles. The molecule has 4 rings (SSSR count). The van der Waals surface area contributed by atoms with Crippen molar-refractivity contribution in [3.05, 3.63) is 65.7 Å². The number of amides is 1. The maximum Gasteiger partial charge on any atom is 0.233 e.